The standard InChI is InChI=1S/C31H40FN3O3/c1-31(13-3-14-31)21-34-16-11-22(12-17-34)20-38-28-10-9-25(18-27(28)32)23-5-7-24(8-6-23)30(37)35-15-2-4-26(19-35)29(33)36/h5-10,18,22,26H,2-4,11-17,19-21H2,1H3,(H2,33,36)/t26-/m1/s1. The number of amides is 2. The number of hydrogen-bond donors (Lipinski definition) is 1. The van der Waals surface area contributed by atoms with Gasteiger partial charge in [0.05, 0.1) is 12.5 Å². The van der Waals surface area contributed by atoms with Gasteiger partial charge in [-0.15, -0.1) is 0 Å². The van der Waals surface area contributed by atoms with Gasteiger partial charge in [0.15, 0.2) is 11.6 Å². The van der Waals surface area contributed by atoms with Crippen molar-refractivity contribution < 1.29 is 18.7 Å². The number of piperidine rings is 2. The molecule has 2 heterocycles. The predicted molar refractivity (Wildman–Crippen MR) is 146 cm³/mol. The lowest BCUT2D eigenvalue weighted by molar-refractivity contribution is -0.123. The maximum Gasteiger partial charge on any atom is 0.253 e. The molecular formula is C31H40FN3O3. The van der Waals surface area contributed by atoms with Gasteiger partial charge in [-0.1, -0.05) is 31.5 Å². The van der Waals surface area contributed by atoms with Crippen molar-refractivity contribution in [2.24, 2.45) is 23.0 Å². The number of benzene rings is 2. The van der Waals surface area contributed by atoms with E-state index in [1.54, 1.807) is 23.1 Å². The molecule has 2 aromatic rings. The minimum atomic E-state index is -0.371. The first-order valence-corrected chi connectivity index (χ1v) is 14.1. The van der Waals surface area contributed by atoms with Crippen LogP contribution in [-0.2, 0) is 4.79 Å². The summed E-state index contributed by atoms with van der Waals surface area (Å²) >= 11 is 0. The molecule has 2 aromatic carbocycles. The van der Waals surface area contributed by atoms with Crippen LogP contribution in [0.4, 0.5) is 4.39 Å². The largest absolute Gasteiger partial charge is 0.490 e. The van der Waals surface area contributed by atoms with Crippen LogP contribution in [0.3, 0.4) is 0 Å². The molecule has 5 rings (SSSR count). The van der Waals surface area contributed by atoms with E-state index in [0.29, 0.717) is 42.3 Å². The van der Waals surface area contributed by atoms with Gasteiger partial charge in [0.1, 0.15) is 0 Å². The summed E-state index contributed by atoms with van der Waals surface area (Å²) in [6, 6.07) is 12.2. The Morgan fingerprint density at radius 3 is 2.34 bits per heavy atom. The molecular weight excluding hydrogens is 481 g/mol. The van der Waals surface area contributed by atoms with E-state index in [1.807, 2.05) is 18.2 Å². The van der Waals surface area contributed by atoms with E-state index >= 15 is 0 Å². The SMILES string of the molecule is CC1(CN2CCC(COc3ccc(-c4ccc(C(=O)N5CCC[C@@H](C(N)=O)C5)cc4)cc3F)CC2)CCC1. The van der Waals surface area contributed by atoms with Crippen LogP contribution in [0.2, 0.25) is 0 Å². The summed E-state index contributed by atoms with van der Waals surface area (Å²) in [4.78, 5) is 28.7. The van der Waals surface area contributed by atoms with Gasteiger partial charge in [0.25, 0.3) is 5.91 Å². The number of likely N-dealkylation sites (tertiary alicyclic amines) is 2. The molecule has 0 unspecified atom stereocenters. The van der Waals surface area contributed by atoms with Gasteiger partial charge in [-0.3, -0.25) is 9.59 Å². The van der Waals surface area contributed by atoms with Crippen molar-refractivity contribution in [2.75, 3.05) is 39.3 Å². The van der Waals surface area contributed by atoms with Gasteiger partial charge in [-0.25, -0.2) is 4.39 Å². The molecule has 2 amide bonds. The van der Waals surface area contributed by atoms with Gasteiger partial charge < -0.3 is 20.3 Å². The summed E-state index contributed by atoms with van der Waals surface area (Å²) in [5, 5.41) is 0. The molecule has 0 aromatic heterocycles. The topological polar surface area (TPSA) is 75.9 Å². The lowest BCUT2D eigenvalue weighted by Gasteiger charge is -2.44. The Morgan fingerprint density at radius 2 is 1.71 bits per heavy atom. The Kier molecular flexibility index (Phi) is 8.03. The second-order valence-corrected chi connectivity index (χ2v) is 11.9. The van der Waals surface area contributed by atoms with Crippen molar-refractivity contribution in [2.45, 2.75) is 51.9 Å². The van der Waals surface area contributed by atoms with Crippen LogP contribution in [0.5, 0.6) is 5.75 Å². The van der Waals surface area contributed by atoms with E-state index < -0.39 is 0 Å². The number of nitrogens with zero attached hydrogens (tertiary/aromatic N) is 2. The number of carbonyl (C=O) groups excluding carboxylic acids is 2. The van der Waals surface area contributed by atoms with E-state index in [9.17, 15) is 14.0 Å². The number of carbonyl (C=O) groups is 2. The monoisotopic (exact) mass is 521 g/mol. The Balaban J connectivity index is 1.13. The van der Waals surface area contributed by atoms with Crippen LogP contribution in [0.25, 0.3) is 11.1 Å². The number of rotatable bonds is 8. The molecule has 2 N–H and O–H groups in total. The lowest BCUT2D eigenvalue weighted by Crippen LogP contribution is -2.44. The molecule has 1 saturated carbocycles. The van der Waals surface area contributed by atoms with Crippen molar-refractivity contribution in [1.82, 2.24) is 9.80 Å². The first-order valence-electron chi connectivity index (χ1n) is 14.1. The van der Waals surface area contributed by atoms with E-state index in [1.165, 1.54) is 31.9 Å². The number of ether oxygens (including phenoxy) is 1. The molecule has 0 bridgehead atoms. The second-order valence-electron chi connectivity index (χ2n) is 11.9. The quantitative estimate of drug-likeness (QED) is 0.524. The van der Waals surface area contributed by atoms with Gasteiger partial charge in [-0.2, -0.15) is 0 Å². The van der Waals surface area contributed by atoms with Crippen LogP contribution in [-0.4, -0.2) is 60.9 Å². The van der Waals surface area contributed by atoms with Gasteiger partial charge >= 0.3 is 0 Å². The normalized spacial score (nSPS) is 22.1. The molecule has 1 aliphatic carbocycles. The zero-order chi connectivity index (χ0) is 26.7. The highest BCUT2D eigenvalue weighted by Gasteiger charge is 2.34. The summed E-state index contributed by atoms with van der Waals surface area (Å²) in [5.74, 6) is -0.374. The average molecular weight is 522 g/mol. The van der Waals surface area contributed by atoms with Gasteiger partial charge in [0.2, 0.25) is 5.91 Å². The summed E-state index contributed by atoms with van der Waals surface area (Å²) in [6.45, 7) is 7.35. The molecule has 3 fully saturated rings. The first-order chi connectivity index (χ1) is 18.3. The minimum Gasteiger partial charge on any atom is -0.490 e. The molecule has 0 radical (unpaired) electrons. The maximum absolute atomic E-state index is 14.9. The molecule has 6 nitrogen and oxygen atoms in total. The van der Waals surface area contributed by atoms with Crippen LogP contribution in [0.1, 0.15) is 62.2 Å². The number of primary amides is 1. The van der Waals surface area contributed by atoms with Crippen molar-refractivity contribution >= 4 is 11.8 Å². The fourth-order valence-electron chi connectivity index (χ4n) is 6.18. The molecule has 3 aliphatic rings. The van der Waals surface area contributed by atoms with E-state index in [2.05, 4.69) is 11.8 Å². The van der Waals surface area contributed by atoms with Crippen LogP contribution in [0.15, 0.2) is 42.5 Å². The Labute approximate surface area is 225 Å². The molecule has 2 aliphatic heterocycles. The zero-order valence-corrected chi connectivity index (χ0v) is 22.5. The maximum atomic E-state index is 14.9. The summed E-state index contributed by atoms with van der Waals surface area (Å²) < 4.78 is 20.8. The molecule has 7 heteroatoms. The van der Waals surface area contributed by atoms with Gasteiger partial charge in [0, 0.05) is 25.2 Å². The number of halogens is 1. The summed E-state index contributed by atoms with van der Waals surface area (Å²) in [7, 11) is 0. The van der Waals surface area contributed by atoms with Crippen LogP contribution in [0, 0.1) is 23.1 Å². The highest BCUT2D eigenvalue weighted by atomic mass is 19.1. The second kappa shape index (κ2) is 11.4. The third kappa shape index (κ3) is 6.20. The Hall–Kier alpha value is -2.93. The smallest absolute Gasteiger partial charge is 0.253 e. The van der Waals surface area contributed by atoms with Crippen molar-refractivity contribution in [3.8, 4) is 16.9 Å². The highest BCUT2D eigenvalue weighted by Crippen LogP contribution is 2.41. The zero-order valence-electron chi connectivity index (χ0n) is 22.5. The lowest BCUT2D eigenvalue weighted by atomic mass is 9.70. The molecule has 204 valence electrons. The Morgan fingerprint density at radius 1 is 1.00 bits per heavy atom. The molecule has 1 atom stereocenters. The Bertz CT molecular complexity index is 1140. The fraction of sp³-hybridized carbons (Fsp3) is 0.548. The third-order valence-electron chi connectivity index (χ3n) is 8.86. The molecule has 0 spiro atoms. The van der Waals surface area contributed by atoms with E-state index in [-0.39, 0.29) is 23.5 Å². The number of nitrogens with two attached hydrogens (primary N) is 1. The van der Waals surface area contributed by atoms with Crippen LogP contribution >= 0.6 is 0 Å². The third-order valence-corrected chi connectivity index (χ3v) is 8.86. The van der Waals surface area contributed by atoms with Crippen molar-refractivity contribution in [3.63, 3.8) is 0 Å². The summed E-state index contributed by atoms with van der Waals surface area (Å²) in [6.07, 6.45) is 7.76. The fourth-order valence-corrected chi connectivity index (χ4v) is 6.18. The molecule has 2 saturated heterocycles. The van der Waals surface area contributed by atoms with Crippen molar-refractivity contribution in [1.29, 1.82) is 0 Å². The van der Waals surface area contributed by atoms with Crippen LogP contribution < -0.4 is 10.5 Å². The highest BCUT2D eigenvalue weighted by molar-refractivity contribution is 5.95. The summed E-state index contributed by atoms with van der Waals surface area (Å²) in [5.41, 5.74) is 8.07. The minimum absolute atomic E-state index is 0.111. The van der Waals surface area contributed by atoms with E-state index in [0.717, 1.165) is 49.9 Å². The van der Waals surface area contributed by atoms with Crippen molar-refractivity contribution in [3.05, 3.63) is 53.8 Å². The molecule has 38 heavy (non-hydrogen) atoms. The van der Waals surface area contributed by atoms with Gasteiger partial charge in [-0.05, 0) is 98.3 Å². The predicted octanol–water partition coefficient (Wildman–Crippen LogP) is 5.11. The average Bonchev–Trinajstić information content (AvgIpc) is 2.92. The number of hydrogen-bond acceptors (Lipinski definition) is 4. The first kappa shape index (κ1) is 26.7. The van der Waals surface area contributed by atoms with E-state index in [4.69, 9.17) is 10.5 Å².